The Morgan fingerprint density at radius 1 is 1.25 bits per heavy atom. The number of thioether (sulfide) groups is 1. The first-order valence-electron chi connectivity index (χ1n) is 7.51. The van der Waals surface area contributed by atoms with Gasteiger partial charge in [-0.05, 0) is 24.6 Å². The Bertz CT molecular complexity index is 800. The number of ether oxygens (including phenoxy) is 1. The van der Waals surface area contributed by atoms with E-state index in [9.17, 15) is 4.79 Å². The minimum atomic E-state index is -0.504. The second-order valence-electron chi connectivity index (χ2n) is 4.96. The van der Waals surface area contributed by atoms with Crippen molar-refractivity contribution < 1.29 is 13.9 Å². The third-order valence-electron chi connectivity index (χ3n) is 3.52. The maximum absolute atomic E-state index is 12.2. The fourth-order valence-electron chi connectivity index (χ4n) is 2.34. The van der Waals surface area contributed by atoms with Crippen LogP contribution in [0, 0.1) is 0 Å². The second kappa shape index (κ2) is 7.35. The van der Waals surface area contributed by atoms with Crippen LogP contribution < -0.4 is 0 Å². The van der Waals surface area contributed by atoms with Gasteiger partial charge in [-0.1, -0.05) is 42.1 Å². The van der Waals surface area contributed by atoms with Crippen molar-refractivity contribution in [3.05, 3.63) is 54.3 Å². The molecule has 0 aliphatic carbocycles. The minimum absolute atomic E-state index is 0.323. The molecule has 1 atom stereocenters. The minimum Gasteiger partial charge on any atom is -0.468 e. The molecule has 7 heteroatoms. The highest BCUT2D eigenvalue weighted by molar-refractivity contribution is 8.00. The topological polar surface area (TPSA) is 70.2 Å². The predicted molar refractivity (Wildman–Crippen MR) is 90.5 cm³/mol. The summed E-state index contributed by atoms with van der Waals surface area (Å²) in [6.07, 6.45) is 1.60. The molecular formula is C17H17N3O3S. The van der Waals surface area contributed by atoms with Crippen molar-refractivity contribution in [1.29, 1.82) is 0 Å². The van der Waals surface area contributed by atoms with Crippen LogP contribution in [0.15, 0.2) is 58.3 Å². The molecule has 2 aromatic heterocycles. The molecule has 24 heavy (non-hydrogen) atoms. The van der Waals surface area contributed by atoms with Gasteiger partial charge in [0, 0.05) is 6.54 Å². The Kier molecular flexibility index (Phi) is 5.00. The van der Waals surface area contributed by atoms with Gasteiger partial charge >= 0.3 is 5.97 Å². The van der Waals surface area contributed by atoms with Crippen molar-refractivity contribution in [1.82, 2.24) is 14.8 Å². The van der Waals surface area contributed by atoms with Crippen molar-refractivity contribution in [3.8, 4) is 11.6 Å². The lowest BCUT2D eigenvalue weighted by atomic mass is 10.1. The first kappa shape index (κ1) is 16.3. The van der Waals surface area contributed by atoms with Gasteiger partial charge in [0.1, 0.15) is 5.25 Å². The molecule has 2 heterocycles. The smallest absolute Gasteiger partial charge is 0.323 e. The molecular weight excluding hydrogens is 326 g/mol. The van der Waals surface area contributed by atoms with Crippen LogP contribution in [0.2, 0.25) is 0 Å². The highest BCUT2D eigenvalue weighted by Crippen LogP contribution is 2.36. The Morgan fingerprint density at radius 3 is 2.67 bits per heavy atom. The fraction of sp³-hybridized carbons (Fsp3) is 0.235. The van der Waals surface area contributed by atoms with E-state index in [1.807, 2.05) is 47.9 Å². The van der Waals surface area contributed by atoms with Crippen LogP contribution in [0.1, 0.15) is 17.7 Å². The van der Waals surface area contributed by atoms with E-state index in [0.717, 1.165) is 5.56 Å². The molecule has 1 aromatic carbocycles. The Balaban J connectivity index is 1.95. The molecule has 6 nitrogen and oxygen atoms in total. The zero-order valence-electron chi connectivity index (χ0n) is 13.4. The number of nitrogens with zero attached hydrogens (tertiary/aromatic N) is 3. The molecule has 0 saturated carbocycles. The summed E-state index contributed by atoms with van der Waals surface area (Å²) in [5.74, 6) is 0.962. The molecule has 1 unspecified atom stereocenters. The van der Waals surface area contributed by atoms with E-state index >= 15 is 0 Å². The lowest BCUT2D eigenvalue weighted by molar-refractivity contribution is -0.140. The number of hydrogen-bond donors (Lipinski definition) is 0. The van der Waals surface area contributed by atoms with E-state index in [-0.39, 0.29) is 5.97 Å². The number of rotatable bonds is 6. The van der Waals surface area contributed by atoms with Crippen LogP contribution in [-0.4, -0.2) is 27.8 Å². The Hall–Kier alpha value is -2.54. The van der Waals surface area contributed by atoms with E-state index in [0.29, 0.717) is 23.3 Å². The van der Waals surface area contributed by atoms with Crippen LogP contribution >= 0.6 is 11.8 Å². The van der Waals surface area contributed by atoms with Gasteiger partial charge in [-0.25, -0.2) is 0 Å². The molecule has 3 aromatic rings. The van der Waals surface area contributed by atoms with Gasteiger partial charge in [-0.2, -0.15) is 0 Å². The number of aromatic nitrogens is 3. The Morgan fingerprint density at radius 2 is 2.04 bits per heavy atom. The van der Waals surface area contributed by atoms with Crippen molar-refractivity contribution in [2.45, 2.75) is 23.9 Å². The lowest BCUT2D eigenvalue weighted by Gasteiger charge is -2.14. The highest BCUT2D eigenvalue weighted by atomic mass is 32.2. The summed E-state index contributed by atoms with van der Waals surface area (Å²) in [7, 11) is 1.39. The number of hydrogen-bond acceptors (Lipinski definition) is 6. The molecule has 0 spiro atoms. The lowest BCUT2D eigenvalue weighted by Crippen LogP contribution is -2.12. The molecule has 0 saturated heterocycles. The van der Waals surface area contributed by atoms with Gasteiger partial charge in [0.25, 0.3) is 0 Å². The summed E-state index contributed by atoms with van der Waals surface area (Å²) in [6.45, 7) is 2.66. The first-order chi connectivity index (χ1) is 11.7. The molecule has 0 aliphatic heterocycles. The van der Waals surface area contributed by atoms with Gasteiger partial charge in [0.05, 0.1) is 13.4 Å². The van der Waals surface area contributed by atoms with Gasteiger partial charge in [0.15, 0.2) is 16.7 Å². The summed E-state index contributed by atoms with van der Waals surface area (Å²) >= 11 is 1.32. The largest absolute Gasteiger partial charge is 0.468 e. The average Bonchev–Trinajstić information content (AvgIpc) is 3.28. The third kappa shape index (κ3) is 3.21. The quantitative estimate of drug-likeness (QED) is 0.503. The number of carbonyl (C=O) groups is 1. The molecule has 124 valence electrons. The molecule has 0 fully saturated rings. The van der Waals surface area contributed by atoms with Crippen LogP contribution in [0.4, 0.5) is 0 Å². The number of carbonyl (C=O) groups excluding carboxylic acids is 1. The monoisotopic (exact) mass is 343 g/mol. The summed E-state index contributed by atoms with van der Waals surface area (Å²) in [5.41, 5.74) is 0.861. The standard InChI is InChI=1S/C17H17N3O3S/c1-3-20-15(13-10-7-11-23-13)18-19-17(20)24-14(16(21)22-2)12-8-5-4-6-9-12/h4-11,14H,3H2,1-2H3. The predicted octanol–water partition coefficient (Wildman–Crippen LogP) is 3.56. The number of esters is 1. The SMILES string of the molecule is CCn1c(SC(C(=O)OC)c2ccccc2)nnc1-c1ccco1. The molecule has 0 aliphatic rings. The molecule has 0 amide bonds. The van der Waals surface area contributed by atoms with E-state index in [4.69, 9.17) is 9.15 Å². The third-order valence-corrected chi connectivity index (χ3v) is 4.73. The summed E-state index contributed by atoms with van der Waals surface area (Å²) < 4.78 is 12.3. The van der Waals surface area contributed by atoms with Gasteiger partial charge in [0.2, 0.25) is 0 Å². The maximum atomic E-state index is 12.2. The maximum Gasteiger partial charge on any atom is 0.323 e. The van der Waals surface area contributed by atoms with Crippen molar-refractivity contribution in [2.75, 3.05) is 7.11 Å². The number of benzene rings is 1. The highest BCUT2D eigenvalue weighted by Gasteiger charge is 2.26. The first-order valence-corrected chi connectivity index (χ1v) is 8.39. The number of furan rings is 1. The fourth-order valence-corrected chi connectivity index (χ4v) is 3.47. The van der Waals surface area contributed by atoms with E-state index in [1.54, 1.807) is 12.3 Å². The van der Waals surface area contributed by atoms with Gasteiger partial charge in [-0.3, -0.25) is 9.36 Å². The molecule has 0 N–H and O–H groups in total. The van der Waals surface area contributed by atoms with Crippen LogP contribution in [0.3, 0.4) is 0 Å². The van der Waals surface area contributed by atoms with Gasteiger partial charge in [-0.15, -0.1) is 10.2 Å². The van der Waals surface area contributed by atoms with Crippen LogP contribution in [0.5, 0.6) is 0 Å². The van der Waals surface area contributed by atoms with Crippen LogP contribution in [0.25, 0.3) is 11.6 Å². The van der Waals surface area contributed by atoms with E-state index < -0.39 is 5.25 Å². The van der Waals surface area contributed by atoms with Gasteiger partial charge < -0.3 is 9.15 Å². The van der Waals surface area contributed by atoms with Crippen molar-refractivity contribution in [3.63, 3.8) is 0 Å². The summed E-state index contributed by atoms with van der Waals surface area (Å²) in [5, 5.41) is 8.58. The van der Waals surface area contributed by atoms with E-state index in [2.05, 4.69) is 10.2 Å². The molecule has 3 rings (SSSR count). The molecule has 0 radical (unpaired) electrons. The Labute approximate surface area is 143 Å². The zero-order chi connectivity index (χ0) is 16.9. The van der Waals surface area contributed by atoms with Crippen molar-refractivity contribution in [2.24, 2.45) is 0 Å². The zero-order valence-corrected chi connectivity index (χ0v) is 14.2. The van der Waals surface area contributed by atoms with Crippen molar-refractivity contribution >= 4 is 17.7 Å². The average molecular weight is 343 g/mol. The second-order valence-corrected chi connectivity index (χ2v) is 6.03. The molecule has 0 bridgehead atoms. The normalized spacial score (nSPS) is 12.1. The number of methoxy groups -OCH3 is 1. The summed E-state index contributed by atoms with van der Waals surface area (Å²) in [6, 6.07) is 13.1. The summed E-state index contributed by atoms with van der Waals surface area (Å²) in [4.78, 5) is 12.2. The van der Waals surface area contributed by atoms with Crippen LogP contribution in [-0.2, 0) is 16.1 Å². The van der Waals surface area contributed by atoms with E-state index in [1.165, 1.54) is 18.9 Å².